The molecule has 4 heteroatoms. The molecule has 0 radical (unpaired) electrons. The Bertz CT molecular complexity index is 347. The Hall–Kier alpha value is -1.13. The first kappa shape index (κ1) is 13.3. The molecular formula is C14H21NO3. The maximum absolute atomic E-state index is 10.1. The third-order valence-electron chi connectivity index (χ3n) is 3.42. The first-order chi connectivity index (χ1) is 8.78. The summed E-state index contributed by atoms with van der Waals surface area (Å²) < 4.78 is 10.3. The zero-order chi connectivity index (χ0) is 12.8. The predicted molar refractivity (Wildman–Crippen MR) is 68.7 cm³/mol. The summed E-state index contributed by atoms with van der Waals surface area (Å²) in [6, 6.07) is 3.79. The van der Waals surface area contributed by atoms with E-state index in [0.29, 0.717) is 18.2 Å². The average Bonchev–Trinajstić information content (AvgIpc) is 2.40. The summed E-state index contributed by atoms with van der Waals surface area (Å²) >= 11 is 0. The van der Waals surface area contributed by atoms with E-state index >= 15 is 0 Å². The minimum atomic E-state index is -0.289. The van der Waals surface area contributed by atoms with E-state index in [0.717, 1.165) is 38.0 Å². The molecule has 0 aliphatic carbocycles. The summed E-state index contributed by atoms with van der Waals surface area (Å²) in [6.07, 6.45) is 5.13. The number of methoxy groups -OCH3 is 1. The highest BCUT2D eigenvalue weighted by Gasteiger charge is 2.18. The van der Waals surface area contributed by atoms with Crippen molar-refractivity contribution >= 4 is 0 Å². The van der Waals surface area contributed by atoms with Gasteiger partial charge in [-0.1, -0.05) is 6.07 Å². The van der Waals surface area contributed by atoms with Gasteiger partial charge in [-0.05, 0) is 37.2 Å². The van der Waals surface area contributed by atoms with E-state index < -0.39 is 0 Å². The van der Waals surface area contributed by atoms with Gasteiger partial charge in [0.05, 0.1) is 13.2 Å². The Morgan fingerprint density at radius 1 is 1.44 bits per heavy atom. The molecule has 1 aliphatic heterocycles. The van der Waals surface area contributed by atoms with E-state index in [1.807, 2.05) is 12.1 Å². The quantitative estimate of drug-likeness (QED) is 0.867. The van der Waals surface area contributed by atoms with E-state index in [2.05, 4.69) is 4.98 Å². The molecule has 1 unspecified atom stereocenters. The molecule has 0 amide bonds. The van der Waals surface area contributed by atoms with Crippen molar-refractivity contribution in [2.24, 2.45) is 5.92 Å². The zero-order valence-electron chi connectivity index (χ0n) is 10.8. The molecule has 100 valence electrons. The molecule has 4 nitrogen and oxygen atoms in total. The summed E-state index contributed by atoms with van der Waals surface area (Å²) in [7, 11) is 1.60. The standard InChI is InChI=1S/C14H21NO3/c1-17-14-3-2-12(10-15-14)9-13(16)8-11-4-6-18-7-5-11/h2-3,10-11,13,16H,4-9H2,1H3. The summed E-state index contributed by atoms with van der Waals surface area (Å²) in [6.45, 7) is 1.67. The van der Waals surface area contributed by atoms with Gasteiger partial charge in [-0.15, -0.1) is 0 Å². The molecule has 0 spiro atoms. The minimum absolute atomic E-state index is 0.289. The monoisotopic (exact) mass is 251 g/mol. The van der Waals surface area contributed by atoms with Gasteiger partial charge in [-0.25, -0.2) is 4.98 Å². The maximum Gasteiger partial charge on any atom is 0.212 e. The lowest BCUT2D eigenvalue weighted by Gasteiger charge is -2.24. The first-order valence-electron chi connectivity index (χ1n) is 6.52. The van der Waals surface area contributed by atoms with Crippen LogP contribution in [0, 0.1) is 5.92 Å². The van der Waals surface area contributed by atoms with Crippen LogP contribution in [0.25, 0.3) is 0 Å². The molecule has 1 atom stereocenters. The number of nitrogens with zero attached hydrogens (tertiary/aromatic N) is 1. The highest BCUT2D eigenvalue weighted by atomic mass is 16.5. The summed E-state index contributed by atoms with van der Waals surface area (Å²) in [5.74, 6) is 1.21. The van der Waals surface area contributed by atoms with Crippen molar-refractivity contribution in [3.63, 3.8) is 0 Å². The van der Waals surface area contributed by atoms with Crippen LogP contribution in [-0.2, 0) is 11.2 Å². The third-order valence-corrected chi connectivity index (χ3v) is 3.42. The predicted octanol–water partition coefficient (Wildman–Crippen LogP) is 1.81. The normalized spacial score (nSPS) is 18.6. The molecule has 0 saturated carbocycles. The fraction of sp³-hybridized carbons (Fsp3) is 0.643. The second-order valence-electron chi connectivity index (χ2n) is 4.86. The lowest BCUT2D eigenvalue weighted by atomic mass is 9.91. The Kier molecular flexibility index (Phi) is 4.96. The van der Waals surface area contributed by atoms with E-state index in [-0.39, 0.29) is 6.10 Å². The molecule has 1 aromatic heterocycles. The van der Waals surface area contributed by atoms with Gasteiger partial charge in [-0.3, -0.25) is 0 Å². The first-order valence-corrected chi connectivity index (χ1v) is 6.52. The Morgan fingerprint density at radius 3 is 2.83 bits per heavy atom. The van der Waals surface area contributed by atoms with E-state index in [9.17, 15) is 5.11 Å². The molecule has 2 heterocycles. The SMILES string of the molecule is COc1ccc(CC(O)CC2CCOCC2)cn1. The smallest absolute Gasteiger partial charge is 0.212 e. The molecule has 1 aromatic rings. The summed E-state index contributed by atoms with van der Waals surface area (Å²) in [5, 5.41) is 10.1. The number of ether oxygens (including phenoxy) is 2. The van der Waals surface area contributed by atoms with Crippen LogP contribution in [-0.4, -0.2) is 36.5 Å². The van der Waals surface area contributed by atoms with Gasteiger partial charge in [0.25, 0.3) is 0 Å². The van der Waals surface area contributed by atoms with Crippen molar-refractivity contribution in [2.45, 2.75) is 31.8 Å². The van der Waals surface area contributed by atoms with Crippen molar-refractivity contribution in [2.75, 3.05) is 20.3 Å². The molecule has 1 aliphatic rings. The molecule has 1 fully saturated rings. The Balaban J connectivity index is 1.80. The number of rotatable bonds is 5. The molecule has 1 saturated heterocycles. The van der Waals surface area contributed by atoms with Gasteiger partial charge < -0.3 is 14.6 Å². The number of hydrogen-bond donors (Lipinski definition) is 1. The molecule has 0 aromatic carbocycles. The Morgan fingerprint density at radius 2 is 2.22 bits per heavy atom. The van der Waals surface area contributed by atoms with E-state index in [4.69, 9.17) is 9.47 Å². The maximum atomic E-state index is 10.1. The van der Waals surface area contributed by atoms with Crippen molar-refractivity contribution in [1.82, 2.24) is 4.98 Å². The van der Waals surface area contributed by atoms with Crippen LogP contribution in [0.2, 0.25) is 0 Å². The second kappa shape index (κ2) is 6.71. The highest BCUT2D eigenvalue weighted by molar-refractivity contribution is 5.18. The number of aliphatic hydroxyl groups excluding tert-OH is 1. The molecule has 2 rings (SSSR count). The molecule has 0 bridgehead atoms. The van der Waals surface area contributed by atoms with Crippen molar-refractivity contribution < 1.29 is 14.6 Å². The summed E-state index contributed by atoms with van der Waals surface area (Å²) in [4.78, 5) is 4.14. The Labute approximate surface area is 108 Å². The van der Waals surface area contributed by atoms with Gasteiger partial charge in [0.2, 0.25) is 5.88 Å². The van der Waals surface area contributed by atoms with Crippen molar-refractivity contribution in [1.29, 1.82) is 0 Å². The lowest BCUT2D eigenvalue weighted by molar-refractivity contribution is 0.0439. The van der Waals surface area contributed by atoms with Gasteiger partial charge >= 0.3 is 0 Å². The van der Waals surface area contributed by atoms with Gasteiger partial charge in [-0.2, -0.15) is 0 Å². The highest BCUT2D eigenvalue weighted by Crippen LogP contribution is 2.21. The van der Waals surface area contributed by atoms with Crippen LogP contribution < -0.4 is 4.74 Å². The van der Waals surface area contributed by atoms with Crippen molar-refractivity contribution in [3.05, 3.63) is 23.9 Å². The second-order valence-corrected chi connectivity index (χ2v) is 4.86. The molecule has 18 heavy (non-hydrogen) atoms. The van der Waals surface area contributed by atoms with Crippen LogP contribution in [0.5, 0.6) is 5.88 Å². The summed E-state index contributed by atoms with van der Waals surface area (Å²) in [5.41, 5.74) is 1.05. The topological polar surface area (TPSA) is 51.6 Å². The molecular weight excluding hydrogens is 230 g/mol. The molecule has 1 N–H and O–H groups in total. The number of hydrogen-bond acceptors (Lipinski definition) is 4. The van der Waals surface area contributed by atoms with Gasteiger partial charge in [0, 0.05) is 25.5 Å². The van der Waals surface area contributed by atoms with Crippen LogP contribution in [0.4, 0.5) is 0 Å². The van der Waals surface area contributed by atoms with Crippen LogP contribution >= 0.6 is 0 Å². The van der Waals surface area contributed by atoms with Crippen molar-refractivity contribution in [3.8, 4) is 5.88 Å². The average molecular weight is 251 g/mol. The fourth-order valence-corrected chi connectivity index (χ4v) is 2.37. The minimum Gasteiger partial charge on any atom is -0.481 e. The van der Waals surface area contributed by atoms with Gasteiger partial charge in [0.15, 0.2) is 0 Å². The number of aromatic nitrogens is 1. The third kappa shape index (κ3) is 3.96. The largest absolute Gasteiger partial charge is 0.481 e. The zero-order valence-corrected chi connectivity index (χ0v) is 10.8. The van der Waals surface area contributed by atoms with Crippen LogP contribution in [0.3, 0.4) is 0 Å². The van der Waals surface area contributed by atoms with Crippen LogP contribution in [0.1, 0.15) is 24.8 Å². The van der Waals surface area contributed by atoms with Crippen LogP contribution in [0.15, 0.2) is 18.3 Å². The lowest BCUT2D eigenvalue weighted by Crippen LogP contribution is -2.22. The number of pyridine rings is 1. The fourth-order valence-electron chi connectivity index (χ4n) is 2.37. The van der Waals surface area contributed by atoms with E-state index in [1.54, 1.807) is 13.3 Å². The van der Waals surface area contributed by atoms with E-state index in [1.165, 1.54) is 0 Å². The van der Waals surface area contributed by atoms with Gasteiger partial charge in [0.1, 0.15) is 0 Å². The number of aliphatic hydroxyl groups is 1.